The number of carbonyl (C=O) groups excluding carboxylic acids is 1. The van der Waals surface area contributed by atoms with Gasteiger partial charge in [-0.15, -0.1) is 11.3 Å². The molecule has 0 saturated carbocycles. The van der Waals surface area contributed by atoms with Crippen LogP contribution in [0, 0.1) is 5.92 Å². The molecule has 0 aliphatic heterocycles. The summed E-state index contributed by atoms with van der Waals surface area (Å²) >= 11 is 1.43. The van der Waals surface area contributed by atoms with Crippen molar-refractivity contribution in [2.24, 2.45) is 5.92 Å². The molecule has 4 heteroatoms. The minimum absolute atomic E-state index is 0.0164. The molecule has 0 fully saturated rings. The summed E-state index contributed by atoms with van der Waals surface area (Å²) in [5.74, 6) is 0.535. The first-order valence-corrected chi connectivity index (χ1v) is 7.78. The number of aromatic nitrogens is 1. The molecular formula is C16H20N2OS. The summed E-state index contributed by atoms with van der Waals surface area (Å²) in [7, 11) is 0. The molecule has 1 heterocycles. The molecular weight excluding hydrogens is 268 g/mol. The molecule has 0 bridgehead atoms. The number of amides is 1. The molecule has 0 radical (unpaired) electrons. The summed E-state index contributed by atoms with van der Waals surface area (Å²) in [6.07, 6.45) is 1.08. The van der Waals surface area contributed by atoms with Crippen LogP contribution < -0.4 is 5.32 Å². The van der Waals surface area contributed by atoms with Gasteiger partial charge in [0, 0.05) is 5.38 Å². The Balaban J connectivity index is 1.98. The van der Waals surface area contributed by atoms with Gasteiger partial charge in [0.25, 0.3) is 5.91 Å². The third kappa shape index (κ3) is 3.90. The van der Waals surface area contributed by atoms with Crippen LogP contribution in [0.25, 0.3) is 0 Å². The first-order chi connectivity index (χ1) is 9.56. The first-order valence-electron chi connectivity index (χ1n) is 6.84. The second-order valence-electron chi connectivity index (χ2n) is 5.41. The lowest BCUT2D eigenvalue weighted by molar-refractivity contribution is 0.0935. The van der Waals surface area contributed by atoms with Gasteiger partial charge in [-0.3, -0.25) is 4.79 Å². The zero-order valence-corrected chi connectivity index (χ0v) is 12.9. The zero-order chi connectivity index (χ0) is 14.5. The lowest BCUT2D eigenvalue weighted by Gasteiger charge is -2.14. The maximum absolute atomic E-state index is 11.9. The second kappa shape index (κ2) is 6.66. The maximum Gasteiger partial charge on any atom is 0.271 e. The molecule has 1 aromatic carbocycles. The molecule has 2 aromatic rings. The average molecular weight is 288 g/mol. The van der Waals surface area contributed by atoms with Crippen molar-refractivity contribution in [1.29, 1.82) is 0 Å². The van der Waals surface area contributed by atoms with E-state index in [4.69, 9.17) is 0 Å². The van der Waals surface area contributed by atoms with Crippen LogP contribution in [-0.4, -0.2) is 10.9 Å². The van der Waals surface area contributed by atoms with E-state index in [9.17, 15) is 4.79 Å². The summed E-state index contributed by atoms with van der Waals surface area (Å²) in [5, 5.41) is 4.72. The number of nitrogens with one attached hydrogen (secondary N) is 1. The van der Waals surface area contributed by atoms with Crippen molar-refractivity contribution in [2.75, 3.05) is 0 Å². The summed E-state index contributed by atoms with van der Waals surface area (Å²) in [5.41, 5.74) is 4.60. The number of benzene rings is 1. The lowest BCUT2D eigenvalue weighted by Crippen LogP contribution is -2.26. The number of rotatable bonds is 5. The minimum atomic E-state index is -0.120. The van der Waals surface area contributed by atoms with E-state index in [2.05, 4.69) is 48.4 Å². The Morgan fingerprint density at radius 3 is 2.50 bits per heavy atom. The van der Waals surface area contributed by atoms with E-state index < -0.39 is 0 Å². The highest BCUT2D eigenvalue weighted by molar-refractivity contribution is 7.07. The van der Waals surface area contributed by atoms with E-state index in [0.29, 0.717) is 11.6 Å². The molecule has 1 aromatic heterocycles. The maximum atomic E-state index is 11.9. The van der Waals surface area contributed by atoms with Gasteiger partial charge < -0.3 is 5.32 Å². The molecule has 3 nitrogen and oxygen atoms in total. The molecule has 2 rings (SSSR count). The van der Waals surface area contributed by atoms with Crippen molar-refractivity contribution in [3.63, 3.8) is 0 Å². The molecule has 1 amide bonds. The summed E-state index contributed by atoms with van der Waals surface area (Å²) in [6.45, 7) is 6.41. The first kappa shape index (κ1) is 14.7. The Labute approximate surface area is 124 Å². The predicted molar refractivity (Wildman–Crippen MR) is 83.0 cm³/mol. The highest BCUT2D eigenvalue weighted by Crippen LogP contribution is 2.16. The van der Waals surface area contributed by atoms with Crippen LogP contribution in [0.15, 0.2) is 35.2 Å². The molecule has 1 unspecified atom stereocenters. The minimum Gasteiger partial charge on any atom is -0.344 e. The van der Waals surface area contributed by atoms with Crippen LogP contribution >= 0.6 is 11.3 Å². The average Bonchev–Trinajstić information content (AvgIpc) is 2.92. The molecule has 0 spiro atoms. The molecule has 1 atom stereocenters. The highest BCUT2D eigenvalue weighted by Gasteiger charge is 2.12. The van der Waals surface area contributed by atoms with E-state index in [1.54, 1.807) is 10.9 Å². The number of nitrogens with zero attached hydrogens (tertiary/aromatic N) is 1. The van der Waals surface area contributed by atoms with Crippen LogP contribution in [0.5, 0.6) is 0 Å². The van der Waals surface area contributed by atoms with Gasteiger partial charge in [0.2, 0.25) is 0 Å². The highest BCUT2D eigenvalue weighted by atomic mass is 32.1. The number of carbonyl (C=O) groups is 1. The van der Waals surface area contributed by atoms with E-state index >= 15 is 0 Å². The Morgan fingerprint density at radius 2 is 1.95 bits per heavy atom. The molecule has 0 aliphatic rings. The van der Waals surface area contributed by atoms with Crippen molar-refractivity contribution in [1.82, 2.24) is 10.3 Å². The number of hydrogen-bond donors (Lipinski definition) is 1. The van der Waals surface area contributed by atoms with Crippen molar-refractivity contribution < 1.29 is 4.79 Å². The molecule has 0 saturated heterocycles. The Hall–Kier alpha value is -1.68. The van der Waals surface area contributed by atoms with Crippen LogP contribution in [0.3, 0.4) is 0 Å². The Morgan fingerprint density at radius 1 is 1.25 bits per heavy atom. The smallest absolute Gasteiger partial charge is 0.271 e. The third-order valence-electron chi connectivity index (χ3n) is 3.14. The number of thiazole rings is 1. The molecule has 20 heavy (non-hydrogen) atoms. The van der Waals surface area contributed by atoms with E-state index in [1.807, 2.05) is 6.92 Å². The summed E-state index contributed by atoms with van der Waals surface area (Å²) in [6, 6.07) is 8.44. The van der Waals surface area contributed by atoms with E-state index in [1.165, 1.54) is 16.9 Å². The van der Waals surface area contributed by atoms with Gasteiger partial charge in [-0.25, -0.2) is 4.98 Å². The fraction of sp³-hybridized carbons (Fsp3) is 0.375. The topological polar surface area (TPSA) is 42.0 Å². The number of hydrogen-bond acceptors (Lipinski definition) is 3. The zero-order valence-electron chi connectivity index (χ0n) is 12.1. The fourth-order valence-corrected chi connectivity index (χ4v) is 2.62. The van der Waals surface area contributed by atoms with Gasteiger partial charge in [0.05, 0.1) is 11.6 Å². The van der Waals surface area contributed by atoms with Crippen molar-refractivity contribution in [3.05, 3.63) is 52.0 Å². The molecule has 1 N–H and O–H groups in total. The van der Waals surface area contributed by atoms with E-state index in [-0.39, 0.29) is 11.9 Å². The van der Waals surface area contributed by atoms with Crippen LogP contribution in [0.2, 0.25) is 0 Å². The van der Waals surface area contributed by atoms with Gasteiger partial charge >= 0.3 is 0 Å². The monoisotopic (exact) mass is 288 g/mol. The predicted octanol–water partition coefficient (Wildman–Crippen LogP) is 3.83. The van der Waals surface area contributed by atoms with Gasteiger partial charge in [0.1, 0.15) is 5.69 Å². The van der Waals surface area contributed by atoms with Gasteiger partial charge in [-0.2, -0.15) is 0 Å². The van der Waals surface area contributed by atoms with Crippen LogP contribution in [-0.2, 0) is 6.42 Å². The van der Waals surface area contributed by atoms with Crippen molar-refractivity contribution in [2.45, 2.75) is 33.2 Å². The molecule has 0 aliphatic carbocycles. The third-order valence-corrected chi connectivity index (χ3v) is 3.72. The Bertz CT molecular complexity index is 546. The second-order valence-corrected chi connectivity index (χ2v) is 6.13. The van der Waals surface area contributed by atoms with Gasteiger partial charge in [-0.05, 0) is 30.4 Å². The standard InChI is InChI=1S/C16H20N2OS/c1-11(2)8-13-4-6-14(7-5-13)12(3)18-16(19)15-9-20-10-17-15/h4-7,9-12H,8H2,1-3H3,(H,18,19). The van der Waals surface area contributed by atoms with Crippen LogP contribution in [0.4, 0.5) is 0 Å². The lowest BCUT2D eigenvalue weighted by atomic mass is 10.00. The quantitative estimate of drug-likeness (QED) is 0.908. The van der Waals surface area contributed by atoms with Crippen LogP contribution in [0.1, 0.15) is 48.4 Å². The van der Waals surface area contributed by atoms with E-state index in [0.717, 1.165) is 12.0 Å². The largest absolute Gasteiger partial charge is 0.344 e. The summed E-state index contributed by atoms with van der Waals surface area (Å²) in [4.78, 5) is 16.0. The normalized spacial score (nSPS) is 12.4. The van der Waals surface area contributed by atoms with Gasteiger partial charge in [-0.1, -0.05) is 38.1 Å². The van der Waals surface area contributed by atoms with Gasteiger partial charge in [0.15, 0.2) is 0 Å². The van der Waals surface area contributed by atoms with Crippen molar-refractivity contribution >= 4 is 17.2 Å². The SMILES string of the molecule is CC(C)Cc1ccc(C(C)NC(=O)c2cscn2)cc1. The fourth-order valence-electron chi connectivity index (χ4n) is 2.09. The van der Waals surface area contributed by atoms with Crippen molar-refractivity contribution in [3.8, 4) is 0 Å². The molecule has 106 valence electrons. The summed E-state index contributed by atoms with van der Waals surface area (Å²) < 4.78 is 0. The Kier molecular flexibility index (Phi) is 4.90.